The van der Waals surface area contributed by atoms with Crippen molar-refractivity contribution in [3.8, 4) is 0 Å². The Morgan fingerprint density at radius 3 is 2.39 bits per heavy atom. The van der Waals surface area contributed by atoms with Crippen molar-refractivity contribution in [1.82, 2.24) is 4.72 Å². The minimum Gasteiger partial charge on any atom is -0.469 e. The number of nitrogens with one attached hydrogen (secondary N) is 1. The van der Waals surface area contributed by atoms with Crippen LogP contribution in [0.25, 0.3) is 0 Å². The summed E-state index contributed by atoms with van der Waals surface area (Å²) in [6, 6.07) is 0.0638. The van der Waals surface area contributed by atoms with Crippen molar-refractivity contribution in [3.63, 3.8) is 0 Å². The summed E-state index contributed by atoms with van der Waals surface area (Å²) in [5.41, 5.74) is 0. The van der Waals surface area contributed by atoms with Crippen LogP contribution in [-0.2, 0) is 19.6 Å². The van der Waals surface area contributed by atoms with Gasteiger partial charge in [-0.15, -0.1) is 0 Å². The number of carbonyl (C=O) groups is 1. The minimum absolute atomic E-state index is 0.0638. The first-order valence-electron chi connectivity index (χ1n) is 6.63. The normalized spacial score (nSPS) is 29.6. The van der Waals surface area contributed by atoms with Crippen LogP contribution in [0.15, 0.2) is 0 Å². The predicted octanol–water partition coefficient (Wildman–Crippen LogP) is 1.19. The lowest BCUT2D eigenvalue weighted by Crippen LogP contribution is -2.43. The lowest BCUT2D eigenvalue weighted by molar-refractivity contribution is -0.145. The van der Waals surface area contributed by atoms with Crippen molar-refractivity contribution in [2.24, 2.45) is 5.92 Å². The number of hydrogen-bond donors (Lipinski definition) is 1. The number of ether oxygens (including phenoxy) is 1. The van der Waals surface area contributed by atoms with E-state index < -0.39 is 27.2 Å². The Bertz CT molecular complexity index is 400. The molecule has 0 saturated heterocycles. The summed E-state index contributed by atoms with van der Waals surface area (Å²) in [5, 5.41) is -0.606. The quantitative estimate of drug-likeness (QED) is 0.782. The van der Waals surface area contributed by atoms with Crippen molar-refractivity contribution >= 4 is 16.0 Å². The molecule has 104 valence electrons. The summed E-state index contributed by atoms with van der Waals surface area (Å²) in [6.07, 6.45) is 5.93. The molecule has 0 radical (unpaired) electrons. The van der Waals surface area contributed by atoms with Crippen LogP contribution in [0.3, 0.4) is 0 Å². The van der Waals surface area contributed by atoms with Gasteiger partial charge in [0.2, 0.25) is 10.0 Å². The Morgan fingerprint density at radius 1 is 1.11 bits per heavy atom. The summed E-state index contributed by atoms with van der Waals surface area (Å²) in [4.78, 5) is 11.6. The van der Waals surface area contributed by atoms with Crippen molar-refractivity contribution in [2.75, 3.05) is 7.11 Å². The van der Waals surface area contributed by atoms with E-state index in [9.17, 15) is 13.2 Å². The molecule has 0 spiro atoms. The molecule has 0 amide bonds. The van der Waals surface area contributed by atoms with Gasteiger partial charge in [0, 0.05) is 6.04 Å². The fraction of sp³-hybridized carbons (Fsp3) is 0.917. The topological polar surface area (TPSA) is 72.5 Å². The monoisotopic (exact) mass is 275 g/mol. The number of carbonyl (C=O) groups excluding carboxylic acids is 1. The van der Waals surface area contributed by atoms with Crippen LogP contribution in [0.4, 0.5) is 0 Å². The molecule has 2 fully saturated rings. The van der Waals surface area contributed by atoms with E-state index in [-0.39, 0.29) is 6.04 Å². The maximum atomic E-state index is 12.3. The van der Waals surface area contributed by atoms with Gasteiger partial charge in [-0.3, -0.25) is 4.79 Å². The van der Waals surface area contributed by atoms with Gasteiger partial charge in [0.25, 0.3) is 0 Å². The first kappa shape index (κ1) is 13.8. The molecule has 0 aromatic carbocycles. The summed E-state index contributed by atoms with van der Waals surface area (Å²) in [6.45, 7) is 0. The summed E-state index contributed by atoms with van der Waals surface area (Å²) in [7, 11) is -2.08. The fourth-order valence-corrected chi connectivity index (χ4v) is 5.11. The van der Waals surface area contributed by atoms with E-state index in [0.717, 1.165) is 32.1 Å². The van der Waals surface area contributed by atoms with Gasteiger partial charge < -0.3 is 4.74 Å². The smallest absolute Gasteiger partial charge is 0.310 e. The van der Waals surface area contributed by atoms with Crippen LogP contribution < -0.4 is 4.72 Å². The van der Waals surface area contributed by atoms with Gasteiger partial charge in [0.1, 0.15) is 0 Å². The van der Waals surface area contributed by atoms with Crippen molar-refractivity contribution < 1.29 is 17.9 Å². The van der Waals surface area contributed by atoms with E-state index in [1.54, 1.807) is 0 Å². The molecule has 0 aromatic heterocycles. The third kappa shape index (κ3) is 2.85. The molecule has 0 bridgehead atoms. The Kier molecular flexibility index (Phi) is 4.27. The van der Waals surface area contributed by atoms with Crippen LogP contribution in [-0.4, -0.2) is 32.8 Å². The number of hydrogen-bond acceptors (Lipinski definition) is 4. The van der Waals surface area contributed by atoms with Crippen LogP contribution in [0.1, 0.15) is 44.9 Å². The highest BCUT2D eigenvalue weighted by molar-refractivity contribution is 7.90. The summed E-state index contributed by atoms with van der Waals surface area (Å²) >= 11 is 0. The highest BCUT2D eigenvalue weighted by atomic mass is 32.2. The van der Waals surface area contributed by atoms with Crippen LogP contribution >= 0.6 is 0 Å². The van der Waals surface area contributed by atoms with Gasteiger partial charge in [-0.2, -0.15) is 0 Å². The molecule has 18 heavy (non-hydrogen) atoms. The van der Waals surface area contributed by atoms with Gasteiger partial charge in [-0.1, -0.05) is 19.3 Å². The minimum atomic E-state index is -3.40. The van der Waals surface area contributed by atoms with E-state index >= 15 is 0 Å². The Labute approximate surface area is 108 Å². The van der Waals surface area contributed by atoms with Gasteiger partial charge >= 0.3 is 5.97 Å². The summed E-state index contributed by atoms with van der Waals surface area (Å²) in [5.74, 6) is -0.886. The van der Waals surface area contributed by atoms with Crippen molar-refractivity contribution in [3.05, 3.63) is 0 Å². The molecule has 1 N–H and O–H groups in total. The lowest BCUT2D eigenvalue weighted by atomic mass is 10.1. The second kappa shape index (κ2) is 5.57. The summed E-state index contributed by atoms with van der Waals surface area (Å²) < 4.78 is 32.1. The fourth-order valence-electron chi connectivity index (χ4n) is 3.08. The molecule has 2 saturated carbocycles. The van der Waals surface area contributed by atoms with E-state index in [4.69, 9.17) is 4.74 Å². The number of methoxy groups -OCH3 is 1. The van der Waals surface area contributed by atoms with Crippen LogP contribution in [0.2, 0.25) is 0 Å². The zero-order chi connectivity index (χ0) is 13.2. The second-order valence-electron chi connectivity index (χ2n) is 5.24. The standard InChI is InChI=1S/C12H21NO4S/c1-17-12(14)10-7-4-8-11(10)18(15,16)13-9-5-2-3-6-9/h9-11,13H,2-8H2,1H3. The first-order chi connectivity index (χ1) is 8.54. The van der Waals surface area contributed by atoms with Crippen LogP contribution in [0.5, 0.6) is 0 Å². The van der Waals surface area contributed by atoms with Gasteiger partial charge in [-0.25, -0.2) is 13.1 Å². The van der Waals surface area contributed by atoms with Gasteiger partial charge in [-0.05, 0) is 25.7 Å². The Hall–Kier alpha value is -0.620. The van der Waals surface area contributed by atoms with E-state index in [1.165, 1.54) is 7.11 Å². The average Bonchev–Trinajstić information content (AvgIpc) is 2.97. The number of esters is 1. The first-order valence-corrected chi connectivity index (χ1v) is 8.18. The van der Waals surface area contributed by atoms with E-state index in [0.29, 0.717) is 12.8 Å². The average molecular weight is 275 g/mol. The molecule has 2 aliphatic carbocycles. The third-order valence-electron chi connectivity index (χ3n) is 4.04. The molecule has 2 rings (SSSR count). The van der Waals surface area contributed by atoms with Crippen LogP contribution in [0, 0.1) is 5.92 Å². The predicted molar refractivity (Wildman–Crippen MR) is 67.5 cm³/mol. The molecule has 0 aliphatic heterocycles. The van der Waals surface area contributed by atoms with Gasteiger partial charge in [0.05, 0.1) is 18.3 Å². The van der Waals surface area contributed by atoms with Gasteiger partial charge in [0.15, 0.2) is 0 Å². The second-order valence-corrected chi connectivity index (χ2v) is 7.17. The van der Waals surface area contributed by atoms with Crippen molar-refractivity contribution in [1.29, 1.82) is 0 Å². The maximum Gasteiger partial charge on any atom is 0.310 e. The number of rotatable bonds is 4. The molecule has 0 aromatic rings. The maximum absolute atomic E-state index is 12.3. The SMILES string of the molecule is COC(=O)C1CCCC1S(=O)(=O)NC1CCCC1. The molecule has 5 nitrogen and oxygen atoms in total. The molecule has 2 unspecified atom stereocenters. The highest BCUT2D eigenvalue weighted by Crippen LogP contribution is 2.32. The Morgan fingerprint density at radius 2 is 1.78 bits per heavy atom. The molecule has 6 heteroatoms. The lowest BCUT2D eigenvalue weighted by Gasteiger charge is -2.21. The zero-order valence-electron chi connectivity index (χ0n) is 10.7. The van der Waals surface area contributed by atoms with E-state index in [1.807, 2.05) is 0 Å². The Balaban J connectivity index is 2.05. The molecule has 2 aliphatic rings. The molecular formula is C12H21NO4S. The molecule has 0 heterocycles. The zero-order valence-corrected chi connectivity index (χ0v) is 11.5. The van der Waals surface area contributed by atoms with Crippen molar-refractivity contribution in [2.45, 2.75) is 56.2 Å². The molecule has 2 atom stereocenters. The number of sulfonamides is 1. The largest absolute Gasteiger partial charge is 0.469 e. The highest BCUT2D eigenvalue weighted by Gasteiger charge is 2.42. The van der Waals surface area contributed by atoms with E-state index in [2.05, 4.69) is 4.72 Å². The third-order valence-corrected chi connectivity index (χ3v) is 6.06. The molecular weight excluding hydrogens is 254 g/mol.